The van der Waals surface area contributed by atoms with Crippen molar-refractivity contribution in [2.24, 2.45) is 0 Å². The molecule has 14 heavy (non-hydrogen) atoms. The van der Waals surface area contributed by atoms with Crippen LogP contribution in [-0.2, 0) is 0 Å². The molecule has 0 radical (unpaired) electrons. The van der Waals surface area contributed by atoms with Crippen molar-refractivity contribution in [3.8, 4) is 0 Å². The average Bonchev–Trinajstić information content (AvgIpc) is 2.19. The van der Waals surface area contributed by atoms with E-state index in [2.05, 4.69) is 15.4 Å². The molecule has 0 spiro atoms. The second-order valence-electron chi connectivity index (χ2n) is 2.61. The van der Waals surface area contributed by atoms with Crippen LogP contribution in [0.2, 0.25) is 5.28 Å². The standard InChI is InChI=1S/C9H8ClN4/c10-9-11-5-4-8(12-9)13-14-6-2-1-3-7-14/h1-7H,(H,11,12,13)/q+1. The normalized spacial score (nSPS) is 9.79. The predicted octanol–water partition coefficient (Wildman–Crippen LogP) is 1.29. The number of pyridine rings is 1. The maximum atomic E-state index is 5.64. The molecule has 0 amide bonds. The number of halogens is 1. The van der Waals surface area contributed by atoms with E-state index < -0.39 is 0 Å². The molecular formula is C9H8ClN4+. The summed E-state index contributed by atoms with van der Waals surface area (Å²) in [5, 5.41) is 0.228. The Morgan fingerprint density at radius 1 is 1.21 bits per heavy atom. The summed E-state index contributed by atoms with van der Waals surface area (Å²) in [5.41, 5.74) is 3.03. The smallest absolute Gasteiger partial charge is 0.224 e. The second kappa shape index (κ2) is 4.02. The van der Waals surface area contributed by atoms with Crippen molar-refractivity contribution in [3.05, 3.63) is 48.1 Å². The number of anilines is 1. The van der Waals surface area contributed by atoms with Gasteiger partial charge in [0.25, 0.3) is 0 Å². The highest BCUT2D eigenvalue weighted by Gasteiger charge is 2.00. The Hall–Kier alpha value is -1.68. The first-order chi connectivity index (χ1) is 6.84. The zero-order valence-electron chi connectivity index (χ0n) is 7.26. The monoisotopic (exact) mass is 207 g/mol. The lowest BCUT2D eigenvalue weighted by Crippen LogP contribution is -2.41. The molecule has 0 bridgehead atoms. The Morgan fingerprint density at radius 2 is 2.00 bits per heavy atom. The van der Waals surface area contributed by atoms with Gasteiger partial charge in [-0.3, -0.25) is 0 Å². The SMILES string of the molecule is Clc1nccc(N[n+]2ccccc2)n1. The Labute approximate surface area is 86.2 Å². The molecule has 0 saturated heterocycles. The van der Waals surface area contributed by atoms with Gasteiger partial charge in [-0.25, -0.2) is 4.98 Å². The van der Waals surface area contributed by atoms with Crippen molar-refractivity contribution in [3.63, 3.8) is 0 Å². The lowest BCUT2D eigenvalue weighted by atomic mass is 10.5. The highest BCUT2D eigenvalue weighted by atomic mass is 35.5. The van der Waals surface area contributed by atoms with E-state index in [1.807, 2.05) is 30.6 Å². The van der Waals surface area contributed by atoms with Gasteiger partial charge < -0.3 is 0 Å². The van der Waals surface area contributed by atoms with Gasteiger partial charge in [0.15, 0.2) is 18.2 Å². The highest BCUT2D eigenvalue weighted by Crippen LogP contribution is 2.03. The number of hydrogen-bond donors (Lipinski definition) is 1. The molecule has 2 aromatic heterocycles. The van der Waals surface area contributed by atoms with E-state index in [0.717, 1.165) is 0 Å². The lowest BCUT2D eigenvalue weighted by Gasteiger charge is -1.98. The van der Waals surface area contributed by atoms with Gasteiger partial charge in [-0.05, 0) is 11.6 Å². The van der Waals surface area contributed by atoms with E-state index in [1.54, 1.807) is 16.9 Å². The number of rotatable bonds is 2. The molecule has 0 aliphatic heterocycles. The molecule has 0 aliphatic carbocycles. The van der Waals surface area contributed by atoms with E-state index in [1.165, 1.54) is 0 Å². The molecule has 0 fully saturated rings. The van der Waals surface area contributed by atoms with Crippen LogP contribution in [0.1, 0.15) is 0 Å². The number of nitrogens with one attached hydrogen (secondary N) is 1. The van der Waals surface area contributed by atoms with Crippen LogP contribution in [0, 0.1) is 0 Å². The van der Waals surface area contributed by atoms with Crippen LogP contribution in [-0.4, -0.2) is 9.97 Å². The Bertz CT molecular complexity index is 418. The molecule has 0 unspecified atom stereocenters. The summed E-state index contributed by atoms with van der Waals surface area (Å²) >= 11 is 5.64. The van der Waals surface area contributed by atoms with Gasteiger partial charge in [0.05, 0.1) is 0 Å². The van der Waals surface area contributed by atoms with E-state index >= 15 is 0 Å². The predicted molar refractivity (Wildman–Crippen MR) is 52.7 cm³/mol. The van der Waals surface area contributed by atoms with Crippen molar-refractivity contribution in [2.75, 3.05) is 5.43 Å². The van der Waals surface area contributed by atoms with Crippen molar-refractivity contribution in [1.29, 1.82) is 0 Å². The van der Waals surface area contributed by atoms with Crippen molar-refractivity contribution < 1.29 is 4.68 Å². The van der Waals surface area contributed by atoms with Crippen LogP contribution < -0.4 is 10.1 Å². The van der Waals surface area contributed by atoms with Gasteiger partial charge in [0.2, 0.25) is 5.28 Å². The second-order valence-corrected chi connectivity index (χ2v) is 2.94. The van der Waals surface area contributed by atoms with Gasteiger partial charge in [0, 0.05) is 24.4 Å². The maximum Gasteiger partial charge on any atom is 0.224 e. The number of aromatic nitrogens is 3. The Balaban J connectivity index is 2.19. The third-order valence-electron chi connectivity index (χ3n) is 1.59. The summed E-state index contributed by atoms with van der Waals surface area (Å²) in [4.78, 5) is 7.78. The zero-order valence-corrected chi connectivity index (χ0v) is 8.02. The fourth-order valence-electron chi connectivity index (χ4n) is 1.00. The van der Waals surface area contributed by atoms with Gasteiger partial charge in [-0.2, -0.15) is 4.98 Å². The van der Waals surface area contributed by atoms with E-state index in [4.69, 9.17) is 11.6 Å². The first-order valence-electron chi connectivity index (χ1n) is 4.06. The lowest BCUT2D eigenvalue weighted by molar-refractivity contribution is -0.643. The van der Waals surface area contributed by atoms with Crippen LogP contribution in [0.4, 0.5) is 5.82 Å². The van der Waals surface area contributed by atoms with Crippen LogP contribution in [0.15, 0.2) is 42.9 Å². The molecule has 2 aromatic rings. The molecule has 5 heteroatoms. The fraction of sp³-hybridized carbons (Fsp3) is 0. The van der Waals surface area contributed by atoms with Gasteiger partial charge in [-0.1, -0.05) is 10.7 Å². The van der Waals surface area contributed by atoms with Gasteiger partial charge >= 0.3 is 0 Å². The minimum atomic E-state index is 0.228. The third kappa shape index (κ3) is 2.17. The quantitative estimate of drug-likeness (QED) is 0.596. The van der Waals surface area contributed by atoms with Crippen LogP contribution in [0.5, 0.6) is 0 Å². The van der Waals surface area contributed by atoms with E-state index in [9.17, 15) is 0 Å². The molecule has 0 aliphatic rings. The first-order valence-corrected chi connectivity index (χ1v) is 4.44. The average molecular weight is 208 g/mol. The Kier molecular flexibility index (Phi) is 2.55. The maximum absolute atomic E-state index is 5.64. The van der Waals surface area contributed by atoms with E-state index in [0.29, 0.717) is 5.82 Å². The fourth-order valence-corrected chi connectivity index (χ4v) is 1.15. The number of hydrogen-bond acceptors (Lipinski definition) is 3. The third-order valence-corrected chi connectivity index (χ3v) is 1.77. The molecular weight excluding hydrogens is 200 g/mol. The van der Waals surface area contributed by atoms with Gasteiger partial charge in [-0.15, -0.1) is 5.43 Å². The van der Waals surface area contributed by atoms with Crippen LogP contribution in [0.3, 0.4) is 0 Å². The van der Waals surface area contributed by atoms with Crippen LogP contribution in [0.25, 0.3) is 0 Å². The molecule has 0 saturated carbocycles. The topological polar surface area (TPSA) is 41.7 Å². The molecule has 0 atom stereocenters. The summed E-state index contributed by atoms with van der Waals surface area (Å²) in [6.45, 7) is 0. The Morgan fingerprint density at radius 3 is 2.71 bits per heavy atom. The van der Waals surface area contributed by atoms with Gasteiger partial charge in [0.1, 0.15) is 0 Å². The highest BCUT2D eigenvalue weighted by molar-refractivity contribution is 6.28. The van der Waals surface area contributed by atoms with Crippen molar-refractivity contribution >= 4 is 17.4 Å². The molecule has 70 valence electrons. The summed E-state index contributed by atoms with van der Waals surface area (Å²) in [6, 6.07) is 7.50. The minimum absolute atomic E-state index is 0.228. The van der Waals surface area contributed by atoms with E-state index in [-0.39, 0.29) is 5.28 Å². The van der Waals surface area contributed by atoms with Crippen molar-refractivity contribution in [2.45, 2.75) is 0 Å². The van der Waals surface area contributed by atoms with Crippen molar-refractivity contribution in [1.82, 2.24) is 9.97 Å². The minimum Gasteiger partial charge on any atom is -0.226 e. The molecule has 2 rings (SSSR count). The largest absolute Gasteiger partial charge is 0.226 e. The summed E-state index contributed by atoms with van der Waals surface area (Å²) in [6.07, 6.45) is 5.34. The molecule has 4 nitrogen and oxygen atoms in total. The first kappa shape index (κ1) is 8.90. The summed E-state index contributed by atoms with van der Waals surface area (Å²) in [7, 11) is 0. The zero-order chi connectivity index (χ0) is 9.80. The molecule has 0 aromatic carbocycles. The molecule has 2 heterocycles. The summed E-state index contributed by atoms with van der Waals surface area (Å²) in [5.74, 6) is 0.654. The van der Waals surface area contributed by atoms with Crippen LogP contribution >= 0.6 is 11.6 Å². The number of nitrogens with zero attached hydrogens (tertiary/aromatic N) is 3. The summed E-state index contributed by atoms with van der Waals surface area (Å²) < 4.78 is 1.78. The molecule has 1 N–H and O–H groups in total.